The smallest absolute Gasteiger partial charge is 0.252 e. The Labute approximate surface area is 114 Å². The summed E-state index contributed by atoms with van der Waals surface area (Å²) in [5.74, 6) is -0.00875. The van der Waals surface area contributed by atoms with E-state index in [9.17, 15) is 4.79 Å². The third-order valence-corrected chi connectivity index (χ3v) is 4.45. The number of alkyl halides is 1. The summed E-state index contributed by atoms with van der Waals surface area (Å²) in [5, 5.41) is 4.83. The molecule has 1 amide bonds. The fourth-order valence-corrected chi connectivity index (χ4v) is 2.75. The molecule has 1 heterocycles. The standard InChI is InChI=1S/C14H13BrN2O/c15-9-14(6-7-14)17-13(18)11-3-1-5-12-10(11)4-2-8-16-12/h1-5,8H,6-7,9H2,(H,17,18). The summed E-state index contributed by atoms with van der Waals surface area (Å²) in [6, 6.07) is 9.44. The van der Waals surface area contributed by atoms with Crippen molar-refractivity contribution in [3.8, 4) is 0 Å². The Bertz CT molecular complexity index is 602. The van der Waals surface area contributed by atoms with Crippen LogP contribution in [-0.4, -0.2) is 21.8 Å². The van der Waals surface area contributed by atoms with Crippen molar-refractivity contribution in [2.24, 2.45) is 0 Å². The maximum absolute atomic E-state index is 12.3. The third kappa shape index (κ3) is 2.01. The first kappa shape index (κ1) is 11.7. The molecule has 0 aliphatic heterocycles. The van der Waals surface area contributed by atoms with Crippen molar-refractivity contribution in [2.75, 3.05) is 5.33 Å². The molecule has 18 heavy (non-hydrogen) atoms. The van der Waals surface area contributed by atoms with Gasteiger partial charge in [0.05, 0.1) is 11.1 Å². The number of nitrogens with zero attached hydrogens (tertiary/aromatic N) is 1. The number of carbonyl (C=O) groups excluding carboxylic acids is 1. The molecule has 1 fully saturated rings. The van der Waals surface area contributed by atoms with E-state index in [2.05, 4.69) is 26.2 Å². The van der Waals surface area contributed by atoms with Gasteiger partial charge < -0.3 is 5.32 Å². The third-order valence-electron chi connectivity index (χ3n) is 3.38. The lowest BCUT2D eigenvalue weighted by Gasteiger charge is -2.15. The van der Waals surface area contributed by atoms with Gasteiger partial charge in [0, 0.05) is 22.5 Å². The lowest BCUT2D eigenvalue weighted by molar-refractivity contribution is 0.0938. The fourth-order valence-electron chi connectivity index (χ4n) is 2.05. The van der Waals surface area contributed by atoms with Gasteiger partial charge in [0.2, 0.25) is 0 Å². The van der Waals surface area contributed by atoms with Crippen LogP contribution in [0.1, 0.15) is 23.2 Å². The molecule has 3 nitrogen and oxygen atoms in total. The largest absolute Gasteiger partial charge is 0.346 e. The van der Waals surface area contributed by atoms with E-state index in [-0.39, 0.29) is 11.4 Å². The average molecular weight is 305 g/mol. The van der Waals surface area contributed by atoms with Gasteiger partial charge in [-0.05, 0) is 31.0 Å². The van der Waals surface area contributed by atoms with E-state index >= 15 is 0 Å². The molecule has 3 rings (SSSR count). The minimum atomic E-state index is -0.0263. The second kappa shape index (κ2) is 4.35. The van der Waals surface area contributed by atoms with Crippen molar-refractivity contribution in [2.45, 2.75) is 18.4 Å². The molecule has 1 aliphatic rings. The Morgan fingerprint density at radius 3 is 2.89 bits per heavy atom. The summed E-state index contributed by atoms with van der Waals surface area (Å²) >= 11 is 3.46. The van der Waals surface area contributed by atoms with Gasteiger partial charge in [0.25, 0.3) is 5.91 Å². The highest BCUT2D eigenvalue weighted by atomic mass is 79.9. The molecule has 1 N–H and O–H groups in total. The molecular formula is C14H13BrN2O. The van der Waals surface area contributed by atoms with Crippen molar-refractivity contribution < 1.29 is 4.79 Å². The van der Waals surface area contributed by atoms with Crippen LogP contribution in [0.2, 0.25) is 0 Å². The van der Waals surface area contributed by atoms with E-state index < -0.39 is 0 Å². The van der Waals surface area contributed by atoms with Crippen LogP contribution >= 0.6 is 15.9 Å². The van der Waals surface area contributed by atoms with E-state index in [0.717, 1.165) is 29.1 Å². The zero-order valence-corrected chi connectivity index (χ0v) is 11.4. The van der Waals surface area contributed by atoms with Crippen LogP contribution < -0.4 is 5.32 Å². The number of rotatable bonds is 3. The van der Waals surface area contributed by atoms with Crippen LogP contribution in [0.15, 0.2) is 36.5 Å². The Morgan fingerprint density at radius 2 is 2.17 bits per heavy atom. The van der Waals surface area contributed by atoms with E-state index in [4.69, 9.17) is 0 Å². The number of amides is 1. The molecular weight excluding hydrogens is 292 g/mol. The molecule has 1 aromatic heterocycles. The van der Waals surface area contributed by atoms with Gasteiger partial charge in [-0.3, -0.25) is 9.78 Å². The molecule has 0 bridgehead atoms. The maximum Gasteiger partial charge on any atom is 0.252 e. The van der Waals surface area contributed by atoms with Gasteiger partial charge >= 0.3 is 0 Å². The molecule has 4 heteroatoms. The van der Waals surface area contributed by atoms with E-state index in [0.29, 0.717) is 5.56 Å². The Hall–Kier alpha value is -1.42. The first-order chi connectivity index (χ1) is 8.74. The van der Waals surface area contributed by atoms with Crippen LogP contribution in [0.5, 0.6) is 0 Å². The number of fused-ring (bicyclic) bond motifs is 1. The van der Waals surface area contributed by atoms with Gasteiger partial charge in [-0.25, -0.2) is 0 Å². The van der Waals surface area contributed by atoms with Crippen LogP contribution in [-0.2, 0) is 0 Å². The number of halogens is 1. The molecule has 92 valence electrons. The summed E-state index contributed by atoms with van der Waals surface area (Å²) in [6.07, 6.45) is 3.84. The number of hydrogen-bond acceptors (Lipinski definition) is 2. The van der Waals surface area contributed by atoms with Crippen molar-refractivity contribution in [1.29, 1.82) is 0 Å². The number of benzene rings is 1. The quantitative estimate of drug-likeness (QED) is 0.886. The molecule has 1 aliphatic carbocycles. The highest BCUT2D eigenvalue weighted by molar-refractivity contribution is 9.09. The average Bonchev–Trinajstić information content (AvgIpc) is 3.18. The predicted molar refractivity (Wildman–Crippen MR) is 75.0 cm³/mol. The summed E-state index contributed by atoms with van der Waals surface area (Å²) in [7, 11) is 0. The van der Waals surface area contributed by atoms with Crippen LogP contribution in [0.3, 0.4) is 0 Å². The van der Waals surface area contributed by atoms with Crippen LogP contribution in [0.4, 0.5) is 0 Å². The first-order valence-corrected chi connectivity index (χ1v) is 7.08. The first-order valence-electron chi connectivity index (χ1n) is 5.96. The molecule has 0 unspecified atom stereocenters. The number of pyridine rings is 1. The van der Waals surface area contributed by atoms with Gasteiger partial charge in [0.1, 0.15) is 0 Å². The SMILES string of the molecule is O=C(NC1(CBr)CC1)c1cccc2ncccc12. The van der Waals surface area contributed by atoms with Crippen molar-refractivity contribution in [3.63, 3.8) is 0 Å². The van der Waals surface area contributed by atoms with Gasteiger partial charge in [-0.15, -0.1) is 0 Å². The Morgan fingerprint density at radius 1 is 1.33 bits per heavy atom. The topological polar surface area (TPSA) is 42.0 Å². The summed E-state index contributed by atoms with van der Waals surface area (Å²) in [5.41, 5.74) is 1.53. The number of aromatic nitrogens is 1. The molecule has 0 saturated heterocycles. The van der Waals surface area contributed by atoms with E-state index in [1.807, 2.05) is 30.3 Å². The molecule has 1 aromatic carbocycles. The van der Waals surface area contributed by atoms with Gasteiger partial charge in [0.15, 0.2) is 0 Å². The molecule has 1 saturated carbocycles. The van der Waals surface area contributed by atoms with Crippen molar-refractivity contribution in [1.82, 2.24) is 10.3 Å². The van der Waals surface area contributed by atoms with Crippen LogP contribution in [0, 0.1) is 0 Å². The number of nitrogens with one attached hydrogen (secondary N) is 1. The molecule has 0 radical (unpaired) electrons. The normalized spacial score (nSPS) is 16.5. The summed E-state index contributed by atoms with van der Waals surface area (Å²) < 4.78 is 0. The van der Waals surface area contributed by atoms with Gasteiger partial charge in [-0.2, -0.15) is 0 Å². The predicted octanol–water partition coefficient (Wildman–Crippen LogP) is 2.89. The molecule has 0 atom stereocenters. The molecule has 2 aromatic rings. The zero-order valence-electron chi connectivity index (χ0n) is 9.82. The zero-order chi connectivity index (χ0) is 12.6. The number of hydrogen-bond donors (Lipinski definition) is 1. The Balaban J connectivity index is 1.96. The number of carbonyl (C=O) groups is 1. The van der Waals surface area contributed by atoms with E-state index in [1.54, 1.807) is 6.20 Å². The monoisotopic (exact) mass is 304 g/mol. The maximum atomic E-state index is 12.3. The van der Waals surface area contributed by atoms with Gasteiger partial charge in [-0.1, -0.05) is 28.1 Å². The second-order valence-corrected chi connectivity index (χ2v) is 5.30. The van der Waals surface area contributed by atoms with Crippen molar-refractivity contribution in [3.05, 3.63) is 42.1 Å². The van der Waals surface area contributed by atoms with E-state index in [1.165, 1.54) is 0 Å². The second-order valence-electron chi connectivity index (χ2n) is 4.74. The van der Waals surface area contributed by atoms with Crippen molar-refractivity contribution >= 4 is 32.7 Å². The fraction of sp³-hybridized carbons (Fsp3) is 0.286. The minimum Gasteiger partial charge on any atom is -0.346 e. The highest BCUT2D eigenvalue weighted by Crippen LogP contribution is 2.37. The minimum absolute atomic E-state index is 0.00875. The summed E-state index contributed by atoms with van der Waals surface area (Å²) in [6.45, 7) is 0. The molecule has 0 spiro atoms. The lowest BCUT2D eigenvalue weighted by atomic mass is 10.1. The van der Waals surface area contributed by atoms with Crippen LogP contribution in [0.25, 0.3) is 10.9 Å². The highest BCUT2D eigenvalue weighted by Gasteiger charge is 2.43. The summed E-state index contributed by atoms with van der Waals surface area (Å²) in [4.78, 5) is 16.6. The Kier molecular flexibility index (Phi) is 2.82. The lowest BCUT2D eigenvalue weighted by Crippen LogP contribution is -2.38.